The number of hydrogen-bond acceptors (Lipinski definition) is 5. The van der Waals surface area contributed by atoms with E-state index in [4.69, 9.17) is 21.1 Å². The number of ether oxygens (including phenoxy) is 2. The number of fused-ring (bicyclic) bond motifs is 2. The minimum absolute atomic E-state index is 0.369. The molecule has 2 fully saturated rings. The Kier molecular flexibility index (Phi) is 4.25. The number of hydrogen-bond donors (Lipinski definition) is 1. The lowest BCUT2D eigenvalue weighted by molar-refractivity contribution is -0.122. The van der Waals surface area contributed by atoms with E-state index < -0.39 is 17.9 Å². The highest BCUT2D eigenvalue weighted by molar-refractivity contribution is 6.33. The summed E-state index contributed by atoms with van der Waals surface area (Å²) in [4.78, 5) is 8.33. The molecule has 4 atom stereocenters. The fourth-order valence-electron chi connectivity index (χ4n) is 4.32. The average molecular weight is 398 g/mol. The number of halogens is 1. The van der Waals surface area contributed by atoms with Crippen molar-refractivity contribution in [1.82, 2.24) is 14.5 Å². The maximum absolute atomic E-state index is 11.3. The van der Waals surface area contributed by atoms with Gasteiger partial charge in [0.05, 0.1) is 12.0 Å². The lowest BCUT2D eigenvalue weighted by Crippen LogP contribution is -2.46. The minimum Gasteiger partial charge on any atom is -0.385 e. The number of nitrogens with zero attached hydrogens (tertiary/aromatic N) is 3. The molecule has 28 heavy (non-hydrogen) atoms. The summed E-state index contributed by atoms with van der Waals surface area (Å²) in [5, 5.41) is 12.4. The molecule has 0 amide bonds. The molecule has 1 aliphatic carbocycles. The molecular formula is C21H20ClN3O3. The van der Waals surface area contributed by atoms with Crippen LogP contribution in [0.4, 0.5) is 0 Å². The van der Waals surface area contributed by atoms with Crippen LogP contribution < -0.4 is 0 Å². The SMILES string of the molecule is C=C1CC[C@]2(OCc3ccccc3)C(O)[C@H](n3ccc4c(Cl)ncnc43)O[C@H]12. The fourth-order valence-corrected chi connectivity index (χ4v) is 4.51. The van der Waals surface area contributed by atoms with Crippen LogP contribution in [-0.2, 0) is 16.1 Å². The van der Waals surface area contributed by atoms with Gasteiger partial charge in [0, 0.05) is 6.20 Å². The standard InChI is InChI=1S/C21H20ClN3O3/c1-13-7-9-21(27-11-14-5-3-2-4-6-14)16(26)20(28-17(13)21)25-10-8-15-18(22)23-12-24-19(15)25/h2-6,8,10,12,16-17,20,26H,1,7,9,11H2/t16?,17-,20-,21+/m1/s1. The van der Waals surface area contributed by atoms with Crippen molar-refractivity contribution in [3.63, 3.8) is 0 Å². The van der Waals surface area contributed by atoms with Gasteiger partial charge in [-0.2, -0.15) is 0 Å². The second kappa shape index (κ2) is 6.67. The van der Waals surface area contributed by atoms with Gasteiger partial charge in [-0.1, -0.05) is 48.5 Å². The van der Waals surface area contributed by atoms with E-state index in [0.29, 0.717) is 23.8 Å². The Hall–Kier alpha value is -2.25. The molecule has 0 spiro atoms. The summed E-state index contributed by atoms with van der Waals surface area (Å²) < 4.78 is 14.4. The first-order valence-electron chi connectivity index (χ1n) is 9.26. The first-order valence-corrected chi connectivity index (χ1v) is 9.64. The zero-order chi connectivity index (χ0) is 19.3. The summed E-state index contributed by atoms with van der Waals surface area (Å²) in [7, 11) is 0. The van der Waals surface area contributed by atoms with Gasteiger partial charge in [0.2, 0.25) is 0 Å². The van der Waals surface area contributed by atoms with Crippen LogP contribution in [0, 0.1) is 0 Å². The van der Waals surface area contributed by atoms with Crippen LogP contribution in [-0.4, -0.2) is 37.5 Å². The number of aliphatic hydroxyl groups is 1. The molecule has 2 aromatic heterocycles. The Morgan fingerprint density at radius 1 is 1.29 bits per heavy atom. The van der Waals surface area contributed by atoms with Gasteiger partial charge < -0.3 is 19.1 Å². The normalized spacial score (nSPS) is 29.5. The smallest absolute Gasteiger partial charge is 0.165 e. The predicted octanol–water partition coefficient (Wildman–Crippen LogP) is 3.65. The molecule has 3 aromatic rings. The van der Waals surface area contributed by atoms with Gasteiger partial charge in [0.1, 0.15) is 34.9 Å². The van der Waals surface area contributed by atoms with Gasteiger partial charge in [-0.05, 0) is 30.0 Å². The number of aliphatic hydroxyl groups excluding tert-OH is 1. The Bertz CT molecular complexity index is 1040. The highest BCUT2D eigenvalue weighted by atomic mass is 35.5. The van der Waals surface area contributed by atoms with Crippen molar-refractivity contribution in [2.24, 2.45) is 0 Å². The topological polar surface area (TPSA) is 69.4 Å². The molecule has 1 unspecified atom stereocenters. The van der Waals surface area contributed by atoms with Gasteiger partial charge in [-0.25, -0.2) is 9.97 Å². The van der Waals surface area contributed by atoms with E-state index in [0.717, 1.165) is 22.9 Å². The molecule has 144 valence electrons. The summed E-state index contributed by atoms with van der Waals surface area (Å²) in [5.41, 5.74) is 1.78. The Morgan fingerprint density at radius 3 is 2.93 bits per heavy atom. The lowest BCUT2D eigenvalue weighted by Gasteiger charge is -2.31. The van der Waals surface area contributed by atoms with Crippen LogP contribution >= 0.6 is 11.6 Å². The van der Waals surface area contributed by atoms with Crippen molar-refractivity contribution >= 4 is 22.6 Å². The molecule has 0 bridgehead atoms. The molecule has 7 heteroatoms. The molecule has 2 aliphatic rings. The summed E-state index contributed by atoms with van der Waals surface area (Å²) in [6, 6.07) is 11.8. The molecule has 1 saturated heterocycles. The van der Waals surface area contributed by atoms with Crippen molar-refractivity contribution in [1.29, 1.82) is 0 Å². The van der Waals surface area contributed by atoms with Crippen LogP contribution in [0.15, 0.2) is 61.1 Å². The number of benzene rings is 1. The summed E-state index contributed by atoms with van der Waals surface area (Å²) in [5.74, 6) is 0. The van der Waals surface area contributed by atoms with E-state index in [2.05, 4.69) is 16.5 Å². The van der Waals surface area contributed by atoms with E-state index in [1.54, 1.807) is 4.57 Å². The second-order valence-corrected chi connectivity index (χ2v) is 7.72. The molecule has 1 aliphatic heterocycles. The van der Waals surface area contributed by atoms with E-state index in [9.17, 15) is 5.11 Å². The predicted molar refractivity (Wildman–Crippen MR) is 105 cm³/mol. The van der Waals surface area contributed by atoms with Crippen LogP contribution in [0.25, 0.3) is 11.0 Å². The maximum Gasteiger partial charge on any atom is 0.165 e. The van der Waals surface area contributed by atoms with Gasteiger partial charge >= 0.3 is 0 Å². The molecular weight excluding hydrogens is 378 g/mol. The minimum atomic E-state index is -0.871. The first-order chi connectivity index (χ1) is 13.6. The molecule has 1 N–H and O–H groups in total. The van der Waals surface area contributed by atoms with Gasteiger partial charge in [-0.3, -0.25) is 0 Å². The Labute approximate surface area is 167 Å². The average Bonchev–Trinajstić information content (AvgIpc) is 3.35. The molecule has 1 aromatic carbocycles. The quantitative estimate of drug-likeness (QED) is 0.537. The van der Waals surface area contributed by atoms with Gasteiger partial charge in [0.25, 0.3) is 0 Å². The van der Waals surface area contributed by atoms with Crippen molar-refractivity contribution < 1.29 is 14.6 Å². The highest BCUT2D eigenvalue weighted by Crippen LogP contribution is 2.51. The van der Waals surface area contributed by atoms with Gasteiger partial charge in [-0.15, -0.1) is 0 Å². The molecule has 3 heterocycles. The van der Waals surface area contributed by atoms with Crippen molar-refractivity contribution in [3.8, 4) is 0 Å². The van der Waals surface area contributed by atoms with Crippen LogP contribution in [0.5, 0.6) is 0 Å². The van der Waals surface area contributed by atoms with Crippen molar-refractivity contribution in [2.75, 3.05) is 0 Å². The van der Waals surface area contributed by atoms with E-state index >= 15 is 0 Å². The zero-order valence-corrected chi connectivity index (χ0v) is 15.9. The van der Waals surface area contributed by atoms with Crippen molar-refractivity contribution in [2.45, 2.75) is 43.5 Å². The van der Waals surface area contributed by atoms with Crippen molar-refractivity contribution in [3.05, 3.63) is 71.8 Å². The first kappa shape index (κ1) is 17.8. The fraction of sp³-hybridized carbons (Fsp3) is 0.333. The van der Waals surface area contributed by atoms with Crippen LogP contribution in [0.1, 0.15) is 24.6 Å². The number of rotatable bonds is 4. The lowest BCUT2D eigenvalue weighted by atomic mass is 9.93. The third-order valence-electron chi connectivity index (χ3n) is 5.78. The van der Waals surface area contributed by atoms with Crippen LogP contribution in [0.2, 0.25) is 5.15 Å². The summed E-state index contributed by atoms with van der Waals surface area (Å²) in [6.07, 6.45) is 2.77. The monoisotopic (exact) mass is 397 g/mol. The maximum atomic E-state index is 11.3. The van der Waals surface area contributed by atoms with E-state index in [1.165, 1.54) is 6.33 Å². The Morgan fingerprint density at radius 2 is 2.11 bits per heavy atom. The third kappa shape index (κ3) is 2.60. The highest BCUT2D eigenvalue weighted by Gasteiger charge is 2.61. The largest absolute Gasteiger partial charge is 0.385 e. The molecule has 1 saturated carbocycles. The third-order valence-corrected chi connectivity index (χ3v) is 6.08. The Balaban J connectivity index is 1.49. The molecule has 6 nitrogen and oxygen atoms in total. The second-order valence-electron chi connectivity index (χ2n) is 7.36. The van der Waals surface area contributed by atoms with Gasteiger partial charge in [0.15, 0.2) is 6.23 Å². The van der Waals surface area contributed by atoms with E-state index in [1.807, 2.05) is 42.6 Å². The molecule has 0 radical (unpaired) electrons. The summed E-state index contributed by atoms with van der Waals surface area (Å²) in [6.45, 7) is 4.55. The zero-order valence-electron chi connectivity index (χ0n) is 15.2. The van der Waals surface area contributed by atoms with Crippen LogP contribution in [0.3, 0.4) is 0 Å². The molecule has 5 rings (SSSR count). The summed E-state index contributed by atoms with van der Waals surface area (Å²) >= 11 is 6.17. The number of aromatic nitrogens is 3. The van der Waals surface area contributed by atoms with E-state index in [-0.39, 0.29) is 6.10 Å².